The van der Waals surface area contributed by atoms with Crippen LogP contribution in [0.1, 0.15) is 27.0 Å². The van der Waals surface area contributed by atoms with Crippen molar-refractivity contribution in [3.05, 3.63) is 95.1 Å². The van der Waals surface area contributed by atoms with Crippen molar-refractivity contribution in [3.63, 3.8) is 0 Å². The maximum Gasteiger partial charge on any atom is 0.337 e. The van der Waals surface area contributed by atoms with E-state index in [2.05, 4.69) is 16.6 Å². The SMILES string of the molecule is COC(=O)c1ccc(C#CC=Cc2cccc(O)c2-c2ccc(C)cc2)cc1. The number of benzene rings is 3. The monoisotopic (exact) mass is 368 g/mol. The molecule has 28 heavy (non-hydrogen) atoms. The van der Waals surface area contributed by atoms with Crippen LogP contribution in [0.3, 0.4) is 0 Å². The molecule has 0 aliphatic carbocycles. The molecule has 0 radical (unpaired) electrons. The van der Waals surface area contributed by atoms with Gasteiger partial charge in [-0.1, -0.05) is 53.8 Å². The van der Waals surface area contributed by atoms with E-state index in [-0.39, 0.29) is 11.7 Å². The van der Waals surface area contributed by atoms with Crippen LogP contribution in [0.5, 0.6) is 5.75 Å². The summed E-state index contributed by atoms with van der Waals surface area (Å²) in [5.74, 6) is 5.89. The fourth-order valence-corrected chi connectivity index (χ4v) is 2.80. The molecule has 3 aromatic carbocycles. The largest absolute Gasteiger partial charge is 0.507 e. The molecule has 0 aromatic heterocycles. The van der Waals surface area contributed by atoms with Gasteiger partial charge in [-0.05, 0) is 60.5 Å². The number of phenols is 1. The molecule has 3 aromatic rings. The molecule has 0 heterocycles. The van der Waals surface area contributed by atoms with Gasteiger partial charge in [-0.3, -0.25) is 0 Å². The van der Waals surface area contributed by atoms with Crippen molar-refractivity contribution in [1.29, 1.82) is 0 Å². The number of allylic oxidation sites excluding steroid dienone is 1. The second kappa shape index (κ2) is 8.75. The Morgan fingerprint density at radius 3 is 2.39 bits per heavy atom. The molecule has 0 bridgehead atoms. The number of rotatable bonds is 3. The summed E-state index contributed by atoms with van der Waals surface area (Å²) in [4.78, 5) is 11.4. The Bertz CT molecular complexity index is 1060. The summed E-state index contributed by atoms with van der Waals surface area (Å²) in [5, 5.41) is 10.3. The number of aryl methyl sites for hydroxylation is 1. The molecule has 1 N–H and O–H groups in total. The van der Waals surface area contributed by atoms with Crippen molar-refractivity contribution < 1.29 is 14.6 Å². The molecule has 3 rings (SSSR count). The van der Waals surface area contributed by atoms with Crippen molar-refractivity contribution in [2.75, 3.05) is 7.11 Å². The number of aromatic hydroxyl groups is 1. The Morgan fingerprint density at radius 1 is 1.00 bits per heavy atom. The maximum absolute atomic E-state index is 11.4. The van der Waals surface area contributed by atoms with Gasteiger partial charge in [0.25, 0.3) is 0 Å². The first-order chi connectivity index (χ1) is 13.6. The lowest BCUT2D eigenvalue weighted by molar-refractivity contribution is 0.0600. The third-order valence-electron chi connectivity index (χ3n) is 4.28. The van der Waals surface area contributed by atoms with Crippen LogP contribution in [-0.4, -0.2) is 18.2 Å². The summed E-state index contributed by atoms with van der Waals surface area (Å²) in [5.41, 5.74) is 5.08. The fraction of sp³-hybridized carbons (Fsp3) is 0.0800. The zero-order valence-corrected chi connectivity index (χ0v) is 15.8. The molecule has 0 unspecified atom stereocenters. The molecule has 0 aliphatic heterocycles. The second-order valence-corrected chi connectivity index (χ2v) is 6.28. The highest BCUT2D eigenvalue weighted by molar-refractivity contribution is 5.89. The fourth-order valence-electron chi connectivity index (χ4n) is 2.80. The average molecular weight is 368 g/mol. The summed E-state index contributed by atoms with van der Waals surface area (Å²) < 4.78 is 4.68. The summed E-state index contributed by atoms with van der Waals surface area (Å²) in [6, 6.07) is 20.4. The topological polar surface area (TPSA) is 46.5 Å². The smallest absolute Gasteiger partial charge is 0.337 e. The molecular formula is C25H20O3. The Morgan fingerprint density at radius 2 is 1.71 bits per heavy atom. The number of esters is 1. The van der Waals surface area contributed by atoms with Gasteiger partial charge >= 0.3 is 5.97 Å². The highest BCUT2D eigenvalue weighted by atomic mass is 16.5. The molecule has 138 valence electrons. The molecule has 0 atom stereocenters. The summed E-state index contributed by atoms with van der Waals surface area (Å²) in [6.07, 6.45) is 3.63. The summed E-state index contributed by atoms with van der Waals surface area (Å²) >= 11 is 0. The second-order valence-electron chi connectivity index (χ2n) is 6.28. The van der Waals surface area contributed by atoms with Crippen molar-refractivity contribution in [1.82, 2.24) is 0 Å². The lowest BCUT2D eigenvalue weighted by Crippen LogP contribution is -2.00. The highest BCUT2D eigenvalue weighted by Gasteiger charge is 2.08. The van der Waals surface area contributed by atoms with E-state index in [0.29, 0.717) is 5.56 Å². The van der Waals surface area contributed by atoms with Gasteiger partial charge in [0.2, 0.25) is 0 Å². The van der Waals surface area contributed by atoms with E-state index in [4.69, 9.17) is 0 Å². The number of carbonyl (C=O) groups excluding carboxylic acids is 1. The molecule has 0 saturated carbocycles. The average Bonchev–Trinajstić information content (AvgIpc) is 2.72. The lowest BCUT2D eigenvalue weighted by Gasteiger charge is -2.09. The summed E-state index contributed by atoms with van der Waals surface area (Å²) in [7, 11) is 1.35. The Hall–Kier alpha value is -3.77. The first kappa shape index (κ1) is 19.0. The van der Waals surface area contributed by atoms with E-state index in [1.807, 2.05) is 49.4 Å². The van der Waals surface area contributed by atoms with Crippen LogP contribution < -0.4 is 0 Å². The zero-order valence-electron chi connectivity index (χ0n) is 15.8. The van der Waals surface area contributed by atoms with Crippen molar-refractivity contribution in [2.24, 2.45) is 0 Å². The van der Waals surface area contributed by atoms with Crippen molar-refractivity contribution >= 4 is 12.0 Å². The van der Waals surface area contributed by atoms with Gasteiger partial charge in [-0.25, -0.2) is 4.79 Å². The maximum atomic E-state index is 11.4. The molecule has 0 spiro atoms. The third-order valence-corrected chi connectivity index (χ3v) is 4.28. The highest BCUT2D eigenvalue weighted by Crippen LogP contribution is 2.33. The molecule has 3 heteroatoms. The van der Waals surface area contributed by atoms with Crippen LogP contribution in [0.2, 0.25) is 0 Å². The molecule has 0 amide bonds. The minimum absolute atomic E-state index is 0.234. The number of ether oxygens (including phenoxy) is 1. The minimum Gasteiger partial charge on any atom is -0.507 e. The van der Waals surface area contributed by atoms with Crippen molar-refractivity contribution in [3.8, 4) is 28.7 Å². The van der Waals surface area contributed by atoms with Crippen LogP contribution in [0.4, 0.5) is 0 Å². The normalized spacial score (nSPS) is 10.4. The molecular weight excluding hydrogens is 348 g/mol. The van der Waals surface area contributed by atoms with E-state index < -0.39 is 0 Å². The van der Waals surface area contributed by atoms with E-state index in [1.54, 1.807) is 36.4 Å². The van der Waals surface area contributed by atoms with Gasteiger partial charge in [-0.2, -0.15) is 0 Å². The Kier molecular flexibility index (Phi) is 5.94. The van der Waals surface area contributed by atoms with Crippen LogP contribution in [0, 0.1) is 18.8 Å². The minimum atomic E-state index is -0.369. The Labute approximate surface area is 164 Å². The molecule has 0 aliphatic rings. The standard InChI is InChI=1S/C25H20O3/c1-18-10-14-21(15-11-18)24-20(8-5-9-23(24)26)7-4-3-6-19-12-16-22(17-13-19)25(27)28-2/h4-5,7-17,26H,1-2H3. The van der Waals surface area contributed by atoms with E-state index in [9.17, 15) is 9.90 Å². The van der Waals surface area contributed by atoms with Crippen LogP contribution >= 0.6 is 0 Å². The van der Waals surface area contributed by atoms with Crippen LogP contribution in [0.25, 0.3) is 17.2 Å². The number of carbonyl (C=O) groups is 1. The van der Waals surface area contributed by atoms with E-state index in [1.165, 1.54) is 12.7 Å². The van der Waals surface area contributed by atoms with Crippen molar-refractivity contribution in [2.45, 2.75) is 6.92 Å². The van der Waals surface area contributed by atoms with Crippen LogP contribution in [-0.2, 0) is 4.74 Å². The predicted molar refractivity (Wildman–Crippen MR) is 112 cm³/mol. The number of hydrogen-bond donors (Lipinski definition) is 1. The van der Waals surface area contributed by atoms with Gasteiger partial charge in [0.1, 0.15) is 5.75 Å². The van der Waals surface area contributed by atoms with Gasteiger partial charge in [0.05, 0.1) is 12.7 Å². The zero-order chi connectivity index (χ0) is 19.9. The number of methoxy groups -OCH3 is 1. The van der Waals surface area contributed by atoms with Gasteiger partial charge in [-0.15, -0.1) is 0 Å². The quantitative estimate of drug-likeness (QED) is 0.509. The van der Waals surface area contributed by atoms with Gasteiger partial charge in [0.15, 0.2) is 0 Å². The lowest BCUT2D eigenvalue weighted by atomic mass is 9.97. The van der Waals surface area contributed by atoms with Crippen LogP contribution in [0.15, 0.2) is 72.8 Å². The first-order valence-corrected chi connectivity index (χ1v) is 8.84. The number of phenolic OH excluding ortho intramolecular Hbond substituents is 1. The first-order valence-electron chi connectivity index (χ1n) is 8.84. The predicted octanol–water partition coefficient (Wildman–Crippen LogP) is 5.22. The van der Waals surface area contributed by atoms with Gasteiger partial charge in [0, 0.05) is 11.1 Å². The van der Waals surface area contributed by atoms with E-state index >= 15 is 0 Å². The Balaban J connectivity index is 1.82. The summed E-state index contributed by atoms with van der Waals surface area (Å²) in [6.45, 7) is 2.03. The molecule has 3 nitrogen and oxygen atoms in total. The van der Waals surface area contributed by atoms with Gasteiger partial charge < -0.3 is 9.84 Å². The van der Waals surface area contributed by atoms with E-state index in [0.717, 1.165) is 22.3 Å². The molecule has 0 fully saturated rings. The number of hydrogen-bond acceptors (Lipinski definition) is 3. The third kappa shape index (κ3) is 4.49. The molecule has 0 saturated heterocycles.